The zero-order valence-corrected chi connectivity index (χ0v) is 10.1. The second kappa shape index (κ2) is 5.50. The number of likely N-dealkylation sites (N-methyl/N-ethyl adjacent to an activating group) is 1. The zero-order chi connectivity index (χ0) is 11.3. The monoisotopic (exact) mass is 213 g/mol. The SMILES string of the molecule is CCC1CCCC(NC)(C(=O)OC)CC1. The fourth-order valence-corrected chi connectivity index (χ4v) is 2.57. The van der Waals surface area contributed by atoms with E-state index in [1.54, 1.807) is 0 Å². The third kappa shape index (κ3) is 2.71. The van der Waals surface area contributed by atoms with Crippen LogP contribution in [0.1, 0.15) is 45.4 Å². The van der Waals surface area contributed by atoms with E-state index in [-0.39, 0.29) is 5.97 Å². The number of carbonyl (C=O) groups is 1. The van der Waals surface area contributed by atoms with E-state index >= 15 is 0 Å². The van der Waals surface area contributed by atoms with Crippen LogP contribution in [0.15, 0.2) is 0 Å². The lowest BCUT2D eigenvalue weighted by molar-refractivity contribution is -0.149. The van der Waals surface area contributed by atoms with Crippen molar-refractivity contribution in [1.29, 1.82) is 0 Å². The topological polar surface area (TPSA) is 38.3 Å². The van der Waals surface area contributed by atoms with Crippen molar-refractivity contribution < 1.29 is 9.53 Å². The van der Waals surface area contributed by atoms with E-state index in [0.29, 0.717) is 0 Å². The van der Waals surface area contributed by atoms with Crippen molar-refractivity contribution in [3.05, 3.63) is 0 Å². The Balaban J connectivity index is 2.69. The second-order valence-corrected chi connectivity index (χ2v) is 4.53. The number of methoxy groups -OCH3 is 1. The van der Waals surface area contributed by atoms with Crippen LogP contribution in [0.2, 0.25) is 0 Å². The zero-order valence-electron chi connectivity index (χ0n) is 10.1. The molecule has 15 heavy (non-hydrogen) atoms. The van der Waals surface area contributed by atoms with Gasteiger partial charge in [-0.25, -0.2) is 0 Å². The summed E-state index contributed by atoms with van der Waals surface area (Å²) >= 11 is 0. The molecule has 1 aliphatic rings. The fourth-order valence-electron chi connectivity index (χ4n) is 2.57. The van der Waals surface area contributed by atoms with Crippen molar-refractivity contribution in [2.24, 2.45) is 5.92 Å². The molecule has 3 nitrogen and oxygen atoms in total. The highest BCUT2D eigenvalue weighted by atomic mass is 16.5. The third-order valence-electron chi connectivity index (χ3n) is 3.83. The highest BCUT2D eigenvalue weighted by Gasteiger charge is 2.39. The smallest absolute Gasteiger partial charge is 0.326 e. The van der Waals surface area contributed by atoms with Gasteiger partial charge in [0, 0.05) is 0 Å². The first kappa shape index (κ1) is 12.5. The normalized spacial score (nSPS) is 32.1. The first-order valence-corrected chi connectivity index (χ1v) is 5.96. The third-order valence-corrected chi connectivity index (χ3v) is 3.83. The lowest BCUT2D eigenvalue weighted by atomic mass is 9.89. The summed E-state index contributed by atoms with van der Waals surface area (Å²) in [4.78, 5) is 11.8. The van der Waals surface area contributed by atoms with Gasteiger partial charge in [0.2, 0.25) is 0 Å². The van der Waals surface area contributed by atoms with E-state index in [9.17, 15) is 4.79 Å². The Morgan fingerprint density at radius 1 is 1.47 bits per heavy atom. The summed E-state index contributed by atoms with van der Waals surface area (Å²) in [5, 5.41) is 3.18. The molecule has 0 aliphatic heterocycles. The van der Waals surface area contributed by atoms with E-state index in [1.165, 1.54) is 20.0 Å². The van der Waals surface area contributed by atoms with Gasteiger partial charge >= 0.3 is 5.97 Å². The van der Waals surface area contributed by atoms with Gasteiger partial charge in [0.1, 0.15) is 5.54 Å². The molecule has 1 aliphatic carbocycles. The second-order valence-electron chi connectivity index (χ2n) is 4.53. The van der Waals surface area contributed by atoms with Gasteiger partial charge in [-0.15, -0.1) is 0 Å². The summed E-state index contributed by atoms with van der Waals surface area (Å²) in [5.41, 5.74) is -0.418. The highest BCUT2D eigenvalue weighted by molar-refractivity contribution is 5.80. The van der Waals surface area contributed by atoms with Crippen LogP contribution in [0.25, 0.3) is 0 Å². The van der Waals surface area contributed by atoms with Crippen LogP contribution in [0.4, 0.5) is 0 Å². The average Bonchev–Trinajstić information content (AvgIpc) is 2.50. The first-order valence-electron chi connectivity index (χ1n) is 5.96. The molecule has 0 amide bonds. The lowest BCUT2D eigenvalue weighted by Crippen LogP contribution is -2.50. The van der Waals surface area contributed by atoms with Crippen molar-refractivity contribution in [3.63, 3.8) is 0 Å². The molecule has 3 heteroatoms. The van der Waals surface area contributed by atoms with Gasteiger partial charge in [0.15, 0.2) is 0 Å². The van der Waals surface area contributed by atoms with Gasteiger partial charge in [-0.1, -0.05) is 26.2 Å². The summed E-state index contributed by atoms with van der Waals surface area (Å²) < 4.78 is 4.91. The number of ether oxygens (including phenoxy) is 1. The van der Waals surface area contributed by atoms with E-state index in [2.05, 4.69) is 12.2 Å². The molecule has 2 unspecified atom stereocenters. The summed E-state index contributed by atoms with van der Waals surface area (Å²) in [5.74, 6) is 0.687. The molecule has 2 atom stereocenters. The van der Waals surface area contributed by atoms with E-state index in [4.69, 9.17) is 4.74 Å². The minimum atomic E-state index is -0.418. The lowest BCUT2D eigenvalue weighted by Gasteiger charge is -2.29. The van der Waals surface area contributed by atoms with Crippen molar-refractivity contribution in [2.45, 2.75) is 51.0 Å². The molecule has 0 radical (unpaired) electrons. The molecule has 1 fully saturated rings. The molecule has 0 saturated heterocycles. The molecule has 88 valence electrons. The maximum absolute atomic E-state index is 11.8. The molecule has 0 aromatic rings. The summed E-state index contributed by atoms with van der Waals surface area (Å²) in [6.45, 7) is 2.23. The Hall–Kier alpha value is -0.570. The molecule has 0 heterocycles. The van der Waals surface area contributed by atoms with Crippen molar-refractivity contribution in [2.75, 3.05) is 14.2 Å². The van der Waals surface area contributed by atoms with Gasteiger partial charge in [-0.05, 0) is 32.2 Å². The molecule has 0 aromatic carbocycles. The van der Waals surface area contributed by atoms with Crippen LogP contribution >= 0.6 is 0 Å². The standard InChI is InChI=1S/C12H23NO2/c1-4-10-6-5-8-12(13-2,9-7-10)11(14)15-3/h10,13H,4-9H2,1-3H3. The number of hydrogen-bond acceptors (Lipinski definition) is 3. The van der Waals surface area contributed by atoms with Crippen LogP contribution in [-0.4, -0.2) is 25.7 Å². The average molecular weight is 213 g/mol. The molecule has 0 aromatic heterocycles. The van der Waals surface area contributed by atoms with Gasteiger partial charge in [0.05, 0.1) is 7.11 Å². The molecule has 1 saturated carbocycles. The van der Waals surface area contributed by atoms with Crippen LogP contribution in [0, 0.1) is 5.92 Å². The molecular formula is C12H23NO2. The molecule has 1 N–H and O–H groups in total. The van der Waals surface area contributed by atoms with Crippen molar-refractivity contribution >= 4 is 5.97 Å². The Labute approximate surface area is 92.6 Å². The number of esters is 1. The Morgan fingerprint density at radius 2 is 2.20 bits per heavy atom. The Bertz CT molecular complexity index is 218. The van der Waals surface area contributed by atoms with Crippen molar-refractivity contribution in [1.82, 2.24) is 5.32 Å². The predicted molar refractivity (Wildman–Crippen MR) is 60.7 cm³/mol. The minimum absolute atomic E-state index is 0.0956. The predicted octanol–water partition coefficient (Wildman–Crippen LogP) is 2.11. The largest absolute Gasteiger partial charge is 0.468 e. The van der Waals surface area contributed by atoms with Gasteiger partial charge in [0.25, 0.3) is 0 Å². The van der Waals surface area contributed by atoms with Gasteiger partial charge in [-0.3, -0.25) is 4.79 Å². The first-order chi connectivity index (χ1) is 7.18. The number of nitrogens with one attached hydrogen (secondary N) is 1. The maximum Gasteiger partial charge on any atom is 0.326 e. The van der Waals surface area contributed by atoms with Crippen LogP contribution in [-0.2, 0) is 9.53 Å². The summed E-state index contributed by atoms with van der Waals surface area (Å²) in [6.07, 6.45) is 6.54. The quantitative estimate of drug-likeness (QED) is 0.576. The molecule has 1 rings (SSSR count). The maximum atomic E-state index is 11.8. The fraction of sp³-hybridized carbons (Fsp3) is 0.917. The molecular weight excluding hydrogens is 190 g/mol. The van der Waals surface area contributed by atoms with Gasteiger partial charge < -0.3 is 10.1 Å². The summed E-state index contributed by atoms with van der Waals surface area (Å²) in [6, 6.07) is 0. The highest BCUT2D eigenvalue weighted by Crippen LogP contribution is 2.32. The minimum Gasteiger partial charge on any atom is -0.468 e. The number of rotatable bonds is 3. The van der Waals surface area contributed by atoms with Crippen molar-refractivity contribution in [3.8, 4) is 0 Å². The van der Waals surface area contributed by atoms with E-state index in [0.717, 1.165) is 31.6 Å². The number of carbonyl (C=O) groups excluding carboxylic acids is 1. The molecule has 0 spiro atoms. The summed E-state index contributed by atoms with van der Waals surface area (Å²) in [7, 11) is 3.34. The Morgan fingerprint density at radius 3 is 2.73 bits per heavy atom. The van der Waals surface area contributed by atoms with E-state index < -0.39 is 5.54 Å². The van der Waals surface area contributed by atoms with E-state index in [1.807, 2.05) is 7.05 Å². The molecule has 0 bridgehead atoms. The van der Waals surface area contributed by atoms with Crippen LogP contribution < -0.4 is 5.32 Å². The van der Waals surface area contributed by atoms with Crippen LogP contribution in [0.3, 0.4) is 0 Å². The van der Waals surface area contributed by atoms with Gasteiger partial charge in [-0.2, -0.15) is 0 Å². The Kier molecular flexibility index (Phi) is 4.58. The van der Waals surface area contributed by atoms with Crippen LogP contribution in [0.5, 0.6) is 0 Å². The number of hydrogen-bond donors (Lipinski definition) is 1.